The fourth-order valence-corrected chi connectivity index (χ4v) is 0.695. The first kappa shape index (κ1) is 9.13. The van der Waals surface area contributed by atoms with Crippen LogP contribution >= 0.6 is 0 Å². The number of hydrazine groups is 1. The summed E-state index contributed by atoms with van der Waals surface area (Å²) in [5.74, 6) is 3.93. The maximum absolute atomic E-state index is 10.9. The summed E-state index contributed by atoms with van der Waals surface area (Å²) in [7, 11) is 1.30. The Balaban J connectivity index is 3.41. The van der Waals surface area contributed by atoms with Gasteiger partial charge in [-0.25, -0.2) is 15.3 Å². The molecule has 1 rings (SSSR count). The normalized spacial score (nSPS) is 9.69. The number of aromatic nitrogens is 3. The highest BCUT2D eigenvalue weighted by molar-refractivity contribution is 5.91. The summed E-state index contributed by atoms with van der Waals surface area (Å²) >= 11 is 0. The number of rotatable bonds is 1. The molecule has 1 amide bonds. The molecule has 0 spiro atoms. The van der Waals surface area contributed by atoms with Crippen LogP contribution in [0, 0.1) is 0 Å². The van der Waals surface area contributed by atoms with E-state index in [9.17, 15) is 14.4 Å². The number of amides is 1. The van der Waals surface area contributed by atoms with Gasteiger partial charge in [0.1, 0.15) is 0 Å². The Morgan fingerprint density at radius 3 is 2.77 bits per heavy atom. The Hall–Kier alpha value is -1.96. The van der Waals surface area contributed by atoms with Gasteiger partial charge in [0.15, 0.2) is 0 Å². The third kappa shape index (κ3) is 1.62. The highest BCUT2D eigenvalue weighted by Gasteiger charge is 2.12. The number of nitrogen functional groups attached to an aromatic ring is 1. The lowest BCUT2D eigenvalue weighted by Gasteiger charge is -1.98. The lowest BCUT2D eigenvalue weighted by Crippen LogP contribution is -2.40. The van der Waals surface area contributed by atoms with Gasteiger partial charge in [0, 0.05) is 7.05 Å². The number of H-pyrrole nitrogens is 1. The van der Waals surface area contributed by atoms with E-state index >= 15 is 0 Å². The first-order chi connectivity index (χ1) is 6.06. The molecule has 0 aliphatic rings. The van der Waals surface area contributed by atoms with Crippen LogP contribution in [-0.2, 0) is 7.05 Å². The van der Waals surface area contributed by atoms with Gasteiger partial charge in [-0.1, -0.05) is 0 Å². The first-order valence-corrected chi connectivity index (χ1v) is 3.25. The van der Waals surface area contributed by atoms with Crippen molar-refractivity contribution >= 4 is 5.91 Å². The number of hydrogen-bond acceptors (Lipinski definition) is 5. The third-order valence-corrected chi connectivity index (χ3v) is 1.33. The number of aromatic amines is 1. The molecular weight excluding hydrogens is 178 g/mol. The molecule has 1 heterocycles. The summed E-state index contributed by atoms with van der Waals surface area (Å²) in [6, 6.07) is 0. The van der Waals surface area contributed by atoms with Crippen LogP contribution in [0.15, 0.2) is 9.59 Å². The summed E-state index contributed by atoms with van der Waals surface area (Å²) < 4.78 is 0.825. The van der Waals surface area contributed by atoms with Crippen LogP contribution in [0.1, 0.15) is 10.5 Å². The molecule has 0 aliphatic heterocycles. The smallest absolute Gasteiger partial charge is 0.289 e. The maximum Gasteiger partial charge on any atom is 0.344 e. The third-order valence-electron chi connectivity index (χ3n) is 1.33. The fourth-order valence-electron chi connectivity index (χ4n) is 0.695. The van der Waals surface area contributed by atoms with Gasteiger partial charge in [0.05, 0.1) is 0 Å². The van der Waals surface area contributed by atoms with Gasteiger partial charge in [0.25, 0.3) is 11.5 Å². The number of hydrogen-bond donors (Lipinski definition) is 3. The summed E-state index contributed by atoms with van der Waals surface area (Å²) in [4.78, 5) is 34.5. The topological polar surface area (TPSA) is 123 Å². The van der Waals surface area contributed by atoms with Crippen LogP contribution in [0.4, 0.5) is 0 Å². The van der Waals surface area contributed by atoms with Crippen molar-refractivity contribution in [1.29, 1.82) is 0 Å². The van der Waals surface area contributed by atoms with Crippen LogP contribution in [0.2, 0.25) is 0 Å². The highest BCUT2D eigenvalue weighted by atomic mass is 16.2. The van der Waals surface area contributed by atoms with Gasteiger partial charge >= 0.3 is 5.69 Å². The van der Waals surface area contributed by atoms with Crippen molar-refractivity contribution in [2.75, 3.05) is 0 Å². The monoisotopic (exact) mass is 185 g/mol. The van der Waals surface area contributed by atoms with Gasteiger partial charge in [-0.2, -0.15) is 5.10 Å². The second-order valence-corrected chi connectivity index (χ2v) is 2.20. The molecule has 13 heavy (non-hydrogen) atoms. The number of nitrogens with one attached hydrogen (secondary N) is 2. The number of carbonyl (C=O) groups excluding carboxylic acids is 1. The summed E-state index contributed by atoms with van der Waals surface area (Å²) in [5, 5.41) is 3.41. The molecule has 0 aromatic carbocycles. The molecule has 8 nitrogen and oxygen atoms in total. The van der Waals surface area contributed by atoms with Crippen molar-refractivity contribution in [2.45, 2.75) is 0 Å². The Morgan fingerprint density at radius 1 is 1.62 bits per heavy atom. The van der Waals surface area contributed by atoms with E-state index in [-0.39, 0.29) is 0 Å². The second-order valence-electron chi connectivity index (χ2n) is 2.20. The molecule has 0 atom stereocenters. The fraction of sp³-hybridized carbons (Fsp3) is 0.200. The summed E-state index contributed by atoms with van der Waals surface area (Å²) in [6.45, 7) is 0. The first-order valence-electron chi connectivity index (χ1n) is 3.25. The van der Waals surface area contributed by atoms with Crippen LogP contribution in [-0.4, -0.2) is 20.7 Å². The zero-order valence-electron chi connectivity index (χ0n) is 6.70. The van der Waals surface area contributed by atoms with E-state index in [1.165, 1.54) is 7.05 Å². The van der Waals surface area contributed by atoms with Crippen molar-refractivity contribution in [3.05, 3.63) is 26.5 Å². The molecule has 70 valence electrons. The van der Waals surface area contributed by atoms with E-state index in [4.69, 9.17) is 5.84 Å². The molecule has 0 unspecified atom stereocenters. The Labute approximate surface area is 71.3 Å². The molecular formula is C5H7N5O3. The average Bonchev–Trinajstić information content (AvgIpc) is 2.10. The van der Waals surface area contributed by atoms with E-state index in [1.54, 1.807) is 5.43 Å². The van der Waals surface area contributed by atoms with Gasteiger partial charge in [0.2, 0.25) is 5.69 Å². The molecule has 0 radical (unpaired) electrons. The number of nitrogens with zero attached hydrogens (tertiary/aromatic N) is 2. The van der Waals surface area contributed by atoms with Gasteiger partial charge < -0.3 is 0 Å². The summed E-state index contributed by atoms with van der Waals surface area (Å²) in [5.41, 5.74) is -0.287. The number of aryl methyl sites for hydroxylation is 1. The zero-order valence-corrected chi connectivity index (χ0v) is 6.70. The minimum Gasteiger partial charge on any atom is -0.289 e. The Kier molecular flexibility index (Phi) is 2.24. The zero-order chi connectivity index (χ0) is 10.0. The molecule has 0 saturated carbocycles. The van der Waals surface area contributed by atoms with E-state index in [0.717, 1.165) is 4.68 Å². The Bertz CT molecular complexity index is 444. The minimum atomic E-state index is -0.869. The standard InChI is InChI=1S/C5H7N5O3/c1-10-5(13)7-3(11)2(9-10)4(12)8-6/h6H2,1H3,(H,8,12)(H,7,11,13). The highest BCUT2D eigenvalue weighted by Crippen LogP contribution is 1.77. The quantitative estimate of drug-likeness (QED) is 0.245. The van der Waals surface area contributed by atoms with Crippen molar-refractivity contribution in [3.8, 4) is 0 Å². The molecule has 4 N–H and O–H groups in total. The van der Waals surface area contributed by atoms with Crippen LogP contribution < -0.4 is 22.5 Å². The average molecular weight is 185 g/mol. The predicted octanol–water partition coefficient (Wildman–Crippen LogP) is -2.93. The van der Waals surface area contributed by atoms with Crippen molar-refractivity contribution < 1.29 is 4.79 Å². The van der Waals surface area contributed by atoms with Crippen LogP contribution in [0.3, 0.4) is 0 Å². The van der Waals surface area contributed by atoms with Crippen molar-refractivity contribution in [3.63, 3.8) is 0 Å². The van der Waals surface area contributed by atoms with E-state index in [0.29, 0.717) is 0 Å². The molecule has 0 bridgehead atoms. The molecule has 1 aromatic rings. The molecule has 0 aliphatic carbocycles. The molecule has 8 heteroatoms. The number of nitrogens with two attached hydrogens (primary N) is 1. The minimum absolute atomic E-state index is 0.454. The van der Waals surface area contributed by atoms with Crippen LogP contribution in [0.25, 0.3) is 0 Å². The van der Waals surface area contributed by atoms with Crippen molar-refractivity contribution in [1.82, 2.24) is 20.2 Å². The van der Waals surface area contributed by atoms with E-state index in [2.05, 4.69) is 5.10 Å². The number of carbonyl (C=O) groups is 1. The second kappa shape index (κ2) is 3.19. The van der Waals surface area contributed by atoms with Gasteiger partial charge in [-0.3, -0.25) is 20.0 Å². The van der Waals surface area contributed by atoms with Gasteiger partial charge in [-0.15, -0.1) is 0 Å². The summed E-state index contributed by atoms with van der Waals surface area (Å²) in [6.07, 6.45) is 0. The van der Waals surface area contributed by atoms with E-state index in [1.807, 2.05) is 4.98 Å². The van der Waals surface area contributed by atoms with Gasteiger partial charge in [-0.05, 0) is 0 Å². The maximum atomic E-state index is 10.9. The predicted molar refractivity (Wildman–Crippen MR) is 41.8 cm³/mol. The van der Waals surface area contributed by atoms with E-state index < -0.39 is 22.9 Å². The van der Waals surface area contributed by atoms with Crippen molar-refractivity contribution in [2.24, 2.45) is 12.9 Å². The molecule has 0 saturated heterocycles. The van der Waals surface area contributed by atoms with Crippen LogP contribution in [0.5, 0.6) is 0 Å². The molecule has 0 fully saturated rings. The Morgan fingerprint density at radius 2 is 2.23 bits per heavy atom. The lowest BCUT2D eigenvalue weighted by molar-refractivity contribution is 0.0944. The molecule has 1 aromatic heterocycles. The largest absolute Gasteiger partial charge is 0.344 e. The SMILES string of the molecule is Cn1nc(C(=O)NN)c(=O)[nH]c1=O. The lowest BCUT2D eigenvalue weighted by atomic mass is 10.4.